The summed E-state index contributed by atoms with van der Waals surface area (Å²) in [5.74, 6) is 0.622. The van der Waals surface area contributed by atoms with Crippen molar-refractivity contribution in [3.8, 4) is 5.75 Å². The molecule has 0 atom stereocenters. The van der Waals surface area contributed by atoms with E-state index in [1.165, 1.54) is 35.0 Å². The third-order valence-corrected chi connectivity index (χ3v) is 4.96. The van der Waals surface area contributed by atoms with Gasteiger partial charge in [-0.1, -0.05) is 11.6 Å². The minimum Gasteiger partial charge on any atom is -0.494 e. The fourth-order valence-electron chi connectivity index (χ4n) is 2.10. The predicted octanol–water partition coefficient (Wildman–Crippen LogP) is 2.27. The number of nitrogens with one attached hydrogen (secondary N) is 1. The van der Waals surface area contributed by atoms with Crippen LogP contribution in [0.15, 0.2) is 52.3 Å². The molecular formula is C16H19ClN2O4S. The molecule has 0 fully saturated rings. The Kier molecular flexibility index (Phi) is 6.42. The van der Waals surface area contributed by atoms with Crippen LogP contribution < -0.4 is 15.0 Å². The van der Waals surface area contributed by atoms with Crippen LogP contribution in [-0.4, -0.2) is 26.1 Å². The lowest BCUT2D eigenvalue weighted by atomic mass is 10.3. The number of benzene rings is 1. The van der Waals surface area contributed by atoms with E-state index in [4.69, 9.17) is 16.3 Å². The number of ether oxygens (including phenoxy) is 1. The van der Waals surface area contributed by atoms with Crippen LogP contribution in [0.3, 0.4) is 0 Å². The predicted molar refractivity (Wildman–Crippen MR) is 93.1 cm³/mol. The number of hydrogen-bond acceptors (Lipinski definition) is 4. The lowest BCUT2D eigenvalue weighted by Crippen LogP contribution is -2.27. The Morgan fingerprint density at radius 1 is 1.17 bits per heavy atom. The summed E-state index contributed by atoms with van der Waals surface area (Å²) >= 11 is 5.84. The summed E-state index contributed by atoms with van der Waals surface area (Å²) in [4.78, 5) is 11.8. The Labute approximate surface area is 146 Å². The van der Waals surface area contributed by atoms with Crippen molar-refractivity contribution in [3.63, 3.8) is 0 Å². The molecule has 2 aromatic rings. The van der Waals surface area contributed by atoms with Crippen molar-refractivity contribution in [1.82, 2.24) is 9.29 Å². The van der Waals surface area contributed by atoms with Gasteiger partial charge in [0.15, 0.2) is 0 Å². The first kappa shape index (κ1) is 18.5. The van der Waals surface area contributed by atoms with Gasteiger partial charge in [-0.15, -0.1) is 0 Å². The molecule has 0 aliphatic carbocycles. The van der Waals surface area contributed by atoms with Crippen LogP contribution in [0.2, 0.25) is 5.02 Å². The van der Waals surface area contributed by atoms with Gasteiger partial charge in [0.2, 0.25) is 10.0 Å². The van der Waals surface area contributed by atoms with Crippen LogP contribution in [0.4, 0.5) is 0 Å². The minimum atomic E-state index is -3.58. The number of sulfonamides is 1. The highest BCUT2D eigenvalue weighted by atomic mass is 35.5. The molecule has 1 aromatic carbocycles. The van der Waals surface area contributed by atoms with Crippen LogP contribution in [0.1, 0.15) is 13.3 Å². The molecule has 0 spiro atoms. The maximum Gasteiger partial charge on any atom is 0.250 e. The van der Waals surface area contributed by atoms with Crippen molar-refractivity contribution < 1.29 is 13.2 Å². The second-order valence-electron chi connectivity index (χ2n) is 5.03. The molecule has 0 saturated carbocycles. The topological polar surface area (TPSA) is 77.4 Å². The number of halogens is 1. The normalized spacial score (nSPS) is 11.4. The average molecular weight is 371 g/mol. The molecule has 0 aliphatic rings. The van der Waals surface area contributed by atoms with E-state index in [1.54, 1.807) is 12.1 Å². The monoisotopic (exact) mass is 370 g/mol. The van der Waals surface area contributed by atoms with Crippen LogP contribution in [-0.2, 0) is 16.6 Å². The molecule has 0 unspecified atom stereocenters. The van der Waals surface area contributed by atoms with Gasteiger partial charge in [-0.3, -0.25) is 4.79 Å². The first-order valence-electron chi connectivity index (χ1n) is 7.51. The standard InChI is InChI=1S/C16H19ClN2O4S/c1-2-23-14-5-7-15(8-6-14)24(21,22)18-10-3-11-19-12-13(17)4-9-16(19)20/h4-9,12,18H,2-3,10-11H2,1H3. The van der Waals surface area contributed by atoms with E-state index in [0.29, 0.717) is 30.3 Å². The zero-order chi connectivity index (χ0) is 17.6. The summed E-state index contributed by atoms with van der Waals surface area (Å²) in [6.07, 6.45) is 2.00. The Morgan fingerprint density at radius 3 is 2.54 bits per heavy atom. The summed E-state index contributed by atoms with van der Waals surface area (Å²) in [5.41, 5.74) is -0.172. The van der Waals surface area contributed by atoms with Gasteiger partial charge >= 0.3 is 0 Å². The first-order chi connectivity index (χ1) is 11.4. The van der Waals surface area contributed by atoms with E-state index in [2.05, 4.69) is 4.72 Å². The molecule has 2 rings (SSSR count). The summed E-state index contributed by atoms with van der Waals surface area (Å²) in [5, 5.41) is 0.463. The van der Waals surface area contributed by atoms with Crippen molar-refractivity contribution in [2.24, 2.45) is 0 Å². The van der Waals surface area contributed by atoms with Crippen LogP contribution in [0, 0.1) is 0 Å². The summed E-state index contributed by atoms with van der Waals surface area (Å²) < 4.78 is 33.6. The van der Waals surface area contributed by atoms with Gasteiger partial charge in [-0.25, -0.2) is 13.1 Å². The average Bonchev–Trinajstić information content (AvgIpc) is 2.55. The van der Waals surface area contributed by atoms with Gasteiger partial charge in [0.25, 0.3) is 5.56 Å². The molecular weight excluding hydrogens is 352 g/mol. The fraction of sp³-hybridized carbons (Fsp3) is 0.312. The SMILES string of the molecule is CCOc1ccc(S(=O)(=O)NCCCn2cc(Cl)ccc2=O)cc1. The molecule has 0 saturated heterocycles. The zero-order valence-corrected chi connectivity index (χ0v) is 14.8. The van der Waals surface area contributed by atoms with E-state index >= 15 is 0 Å². The smallest absolute Gasteiger partial charge is 0.250 e. The lowest BCUT2D eigenvalue weighted by molar-refractivity contribution is 0.340. The summed E-state index contributed by atoms with van der Waals surface area (Å²) in [6, 6.07) is 9.12. The first-order valence-corrected chi connectivity index (χ1v) is 9.37. The van der Waals surface area contributed by atoms with Crippen molar-refractivity contribution in [2.45, 2.75) is 24.8 Å². The summed E-state index contributed by atoms with van der Waals surface area (Å²) in [6.45, 7) is 2.98. The van der Waals surface area contributed by atoms with E-state index < -0.39 is 10.0 Å². The largest absolute Gasteiger partial charge is 0.494 e. The van der Waals surface area contributed by atoms with Crippen molar-refractivity contribution in [1.29, 1.82) is 0 Å². The highest BCUT2D eigenvalue weighted by Crippen LogP contribution is 2.15. The van der Waals surface area contributed by atoms with Crippen LogP contribution in [0.25, 0.3) is 0 Å². The second-order valence-corrected chi connectivity index (χ2v) is 7.24. The van der Waals surface area contributed by atoms with Crippen LogP contribution >= 0.6 is 11.6 Å². The zero-order valence-electron chi connectivity index (χ0n) is 13.2. The maximum absolute atomic E-state index is 12.2. The fourth-order valence-corrected chi connectivity index (χ4v) is 3.35. The number of aryl methyl sites for hydroxylation is 1. The Hall–Kier alpha value is -1.83. The van der Waals surface area contributed by atoms with E-state index in [1.807, 2.05) is 6.92 Å². The molecule has 1 heterocycles. The Bertz CT molecular complexity index is 832. The molecule has 6 nitrogen and oxygen atoms in total. The summed E-state index contributed by atoms with van der Waals surface area (Å²) in [7, 11) is -3.58. The van der Waals surface area contributed by atoms with Gasteiger partial charge < -0.3 is 9.30 Å². The molecule has 1 N–H and O–H groups in total. The Balaban J connectivity index is 1.90. The van der Waals surface area contributed by atoms with Crippen molar-refractivity contribution >= 4 is 21.6 Å². The van der Waals surface area contributed by atoms with Gasteiger partial charge in [0.1, 0.15) is 5.75 Å². The molecule has 1 aromatic heterocycles. The van der Waals surface area contributed by atoms with E-state index in [-0.39, 0.29) is 17.0 Å². The maximum atomic E-state index is 12.2. The third kappa shape index (κ3) is 5.09. The number of pyridine rings is 1. The quantitative estimate of drug-likeness (QED) is 0.723. The van der Waals surface area contributed by atoms with Gasteiger partial charge in [-0.05, 0) is 43.7 Å². The van der Waals surface area contributed by atoms with E-state index in [9.17, 15) is 13.2 Å². The van der Waals surface area contributed by atoms with Gasteiger partial charge in [-0.2, -0.15) is 0 Å². The highest BCUT2D eigenvalue weighted by Gasteiger charge is 2.13. The molecule has 8 heteroatoms. The number of aromatic nitrogens is 1. The highest BCUT2D eigenvalue weighted by molar-refractivity contribution is 7.89. The molecule has 130 valence electrons. The molecule has 0 aliphatic heterocycles. The lowest BCUT2D eigenvalue weighted by Gasteiger charge is -2.09. The number of rotatable bonds is 8. The molecule has 0 radical (unpaired) electrons. The van der Waals surface area contributed by atoms with E-state index in [0.717, 1.165) is 0 Å². The number of hydrogen-bond donors (Lipinski definition) is 1. The molecule has 0 bridgehead atoms. The Morgan fingerprint density at radius 2 is 1.88 bits per heavy atom. The second kappa shape index (κ2) is 8.32. The minimum absolute atomic E-state index is 0.172. The van der Waals surface area contributed by atoms with Crippen LogP contribution in [0.5, 0.6) is 5.75 Å². The molecule has 24 heavy (non-hydrogen) atoms. The number of nitrogens with zero attached hydrogens (tertiary/aromatic N) is 1. The van der Waals surface area contributed by atoms with Gasteiger partial charge in [0.05, 0.1) is 16.5 Å². The van der Waals surface area contributed by atoms with Crippen molar-refractivity contribution in [2.75, 3.05) is 13.2 Å². The van der Waals surface area contributed by atoms with Gasteiger partial charge in [0, 0.05) is 25.4 Å². The third-order valence-electron chi connectivity index (χ3n) is 3.26. The van der Waals surface area contributed by atoms with Crippen molar-refractivity contribution in [3.05, 3.63) is 58.0 Å². The molecule has 0 amide bonds.